The van der Waals surface area contributed by atoms with Crippen molar-refractivity contribution in [2.24, 2.45) is 0 Å². The third-order valence-corrected chi connectivity index (χ3v) is 4.01. The van der Waals surface area contributed by atoms with Gasteiger partial charge in [0.2, 0.25) is 0 Å². The molecule has 6 heteroatoms. The van der Waals surface area contributed by atoms with Gasteiger partial charge >= 0.3 is 7.82 Å². The predicted octanol–water partition coefficient (Wildman–Crippen LogP) is 3.50. The van der Waals surface area contributed by atoms with Gasteiger partial charge in [0.25, 0.3) is 0 Å². The summed E-state index contributed by atoms with van der Waals surface area (Å²) >= 11 is 0. The Hall–Kier alpha value is -1.91. The first-order valence-corrected chi connectivity index (χ1v) is 8.95. The highest BCUT2D eigenvalue weighted by atomic mass is 31.2. The summed E-state index contributed by atoms with van der Waals surface area (Å²) in [7, 11) is -4.64. The monoisotopic (exact) mass is 349 g/mol. The molecule has 24 heavy (non-hydrogen) atoms. The lowest BCUT2D eigenvalue weighted by Crippen LogP contribution is -2.06. The zero-order valence-corrected chi connectivity index (χ0v) is 15.0. The van der Waals surface area contributed by atoms with Crippen molar-refractivity contribution in [3.63, 3.8) is 0 Å². The second-order valence-corrected chi connectivity index (χ2v) is 6.59. The number of phosphoric acid groups is 1. The third-order valence-electron chi connectivity index (χ3n) is 4.01. The third kappa shape index (κ3) is 5.62. The number of nitrogen functional groups attached to an aromatic ring is 1. The molecule has 5 N–H and O–H groups in total. The van der Waals surface area contributed by atoms with Gasteiger partial charge in [0.1, 0.15) is 0 Å². The summed E-state index contributed by atoms with van der Waals surface area (Å²) in [6, 6.07) is 10.4. The Morgan fingerprint density at radius 3 is 2.00 bits per heavy atom. The molecule has 0 aromatic heterocycles. The van der Waals surface area contributed by atoms with Gasteiger partial charge < -0.3 is 20.4 Å². The molecule has 0 saturated heterocycles. The molecule has 0 atom stereocenters. The molecule has 2 aromatic rings. The lowest BCUT2D eigenvalue weighted by atomic mass is 9.88. The van der Waals surface area contributed by atoms with Crippen LogP contribution >= 0.6 is 7.82 Å². The Bertz CT molecular complexity index is 758. The van der Waals surface area contributed by atoms with Crippen LogP contribution in [0.3, 0.4) is 0 Å². The molecule has 2 rings (SSSR count). The van der Waals surface area contributed by atoms with E-state index in [-0.39, 0.29) is 0 Å². The van der Waals surface area contributed by atoms with Crippen molar-refractivity contribution in [1.29, 1.82) is 0 Å². The van der Waals surface area contributed by atoms with E-state index in [0.717, 1.165) is 12.1 Å². The Balaban J connectivity index is 0.000000505. The van der Waals surface area contributed by atoms with Gasteiger partial charge in [-0.3, -0.25) is 0 Å². The maximum absolute atomic E-state index is 8.88. The van der Waals surface area contributed by atoms with Gasteiger partial charge in [-0.2, -0.15) is 0 Å². The molecule has 0 radical (unpaired) electrons. The Labute approximate surface area is 142 Å². The SMILES string of the molecule is C=Cc1c(C)c(C)c(C)c(N)c1Cc1ccccc1.O=P(O)(O)O. The fourth-order valence-corrected chi connectivity index (χ4v) is 2.55. The van der Waals surface area contributed by atoms with Crippen molar-refractivity contribution in [2.45, 2.75) is 27.2 Å². The molecule has 0 unspecified atom stereocenters. The van der Waals surface area contributed by atoms with Crippen molar-refractivity contribution in [3.05, 3.63) is 70.3 Å². The molecule has 0 amide bonds. The minimum Gasteiger partial charge on any atom is -0.398 e. The molecule has 0 fully saturated rings. The van der Waals surface area contributed by atoms with Gasteiger partial charge in [0.15, 0.2) is 0 Å². The van der Waals surface area contributed by atoms with Crippen molar-refractivity contribution in [3.8, 4) is 0 Å². The molecular formula is C18H24NO4P. The van der Waals surface area contributed by atoms with Crippen LogP contribution in [0.4, 0.5) is 5.69 Å². The number of rotatable bonds is 3. The predicted molar refractivity (Wildman–Crippen MR) is 98.7 cm³/mol. The summed E-state index contributed by atoms with van der Waals surface area (Å²) < 4.78 is 8.88. The maximum atomic E-state index is 8.88. The first kappa shape index (κ1) is 20.1. The van der Waals surface area contributed by atoms with Crippen LogP contribution in [0.5, 0.6) is 0 Å². The summed E-state index contributed by atoms with van der Waals surface area (Å²) in [5.41, 5.74) is 14.6. The van der Waals surface area contributed by atoms with Crippen molar-refractivity contribution in [2.75, 3.05) is 5.73 Å². The van der Waals surface area contributed by atoms with Gasteiger partial charge in [-0.05, 0) is 54.2 Å². The first-order valence-electron chi connectivity index (χ1n) is 7.39. The molecule has 0 saturated carbocycles. The fourth-order valence-electron chi connectivity index (χ4n) is 2.55. The molecule has 0 aliphatic carbocycles. The van der Waals surface area contributed by atoms with Crippen LogP contribution in [0.1, 0.15) is 33.4 Å². The quantitative estimate of drug-likeness (QED) is 0.501. The number of benzene rings is 2. The van der Waals surface area contributed by atoms with E-state index in [1.54, 1.807) is 0 Å². The average Bonchev–Trinajstić information content (AvgIpc) is 2.50. The van der Waals surface area contributed by atoms with E-state index in [0.29, 0.717) is 0 Å². The minimum absolute atomic E-state index is 0.857. The average molecular weight is 349 g/mol. The van der Waals surface area contributed by atoms with E-state index in [9.17, 15) is 0 Å². The summed E-state index contributed by atoms with van der Waals surface area (Å²) in [6.07, 6.45) is 2.78. The number of anilines is 1. The van der Waals surface area contributed by atoms with E-state index in [1.807, 2.05) is 12.1 Å². The highest BCUT2D eigenvalue weighted by molar-refractivity contribution is 7.45. The topological polar surface area (TPSA) is 104 Å². The zero-order chi connectivity index (χ0) is 18.5. The van der Waals surface area contributed by atoms with Gasteiger partial charge in [-0.15, -0.1) is 0 Å². The maximum Gasteiger partial charge on any atom is 0.466 e. The van der Waals surface area contributed by atoms with E-state index in [1.165, 1.54) is 33.4 Å². The first-order chi connectivity index (χ1) is 11.1. The van der Waals surface area contributed by atoms with Crippen molar-refractivity contribution < 1.29 is 19.2 Å². The highest BCUT2D eigenvalue weighted by Gasteiger charge is 2.14. The highest BCUT2D eigenvalue weighted by Crippen LogP contribution is 2.31. The molecule has 0 bridgehead atoms. The smallest absolute Gasteiger partial charge is 0.398 e. The van der Waals surface area contributed by atoms with Crippen LogP contribution in [-0.4, -0.2) is 14.7 Å². The van der Waals surface area contributed by atoms with Crippen molar-refractivity contribution in [1.82, 2.24) is 0 Å². The Morgan fingerprint density at radius 1 is 1.04 bits per heavy atom. The van der Waals surface area contributed by atoms with E-state index < -0.39 is 7.82 Å². The summed E-state index contributed by atoms with van der Waals surface area (Å²) in [6.45, 7) is 10.3. The lowest BCUT2D eigenvalue weighted by molar-refractivity contribution is 0.275. The van der Waals surface area contributed by atoms with Gasteiger partial charge in [0.05, 0.1) is 0 Å². The lowest BCUT2D eigenvalue weighted by Gasteiger charge is -2.18. The normalized spacial score (nSPS) is 10.8. The van der Waals surface area contributed by atoms with Gasteiger partial charge in [-0.25, -0.2) is 4.57 Å². The second-order valence-electron chi connectivity index (χ2n) is 5.56. The number of nitrogens with two attached hydrogens (primary N) is 1. The largest absolute Gasteiger partial charge is 0.466 e. The van der Waals surface area contributed by atoms with Crippen molar-refractivity contribution >= 4 is 19.6 Å². The van der Waals surface area contributed by atoms with E-state index in [2.05, 4.69) is 51.6 Å². The molecule has 2 aromatic carbocycles. The molecule has 0 aliphatic heterocycles. The van der Waals surface area contributed by atoms with Crippen LogP contribution in [0.25, 0.3) is 6.08 Å². The standard InChI is InChI=1S/C18H21N.H3O4P/c1-5-16-13(3)12(2)14(4)18(19)17(16)11-15-9-7-6-8-10-15;1-5(2,3)4/h5-10H,1,11,19H2,2-4H3;(H3,1,2,3,4). The van der Waals surface area contributed by atoms with Crippen LogP contribution in [0, 0.1) is 20.8 Å². The summed E-state index contributed by atoms with van der Waals surface area (Å²) in [5.74, 6) is 0. The Morgan fingerprint density at radius 2 is 1.54 bits per heavy atom. The molecule has 130 valence electrons. The van der Waals surface area contributed by atoms with Gasteiger partial charge in [0, 0.05) is 12.1 Å². The van der Waals surface area contributed by atoms with Crippen LogP contribution in [-0.2, 0) is 11.0 Å². The molecule has 5 nitrogen and oxygen atoms in total. The minimum atomic E-state index is -4.64. The van der Waals surface area contributed by atoms with Gasteiger partial charge in [-0.1, -0.05) is 43.0 Å². The zero-order valence-electron chi connectivity index (χ0n) is 14.2. The summed E-state index contributed by atoms with van der Waals surface area (Å²) in [5, 5.41) is 0. The molecule has 0 heterocycles. The van der Waals surface area contributed by atoms with E-state index in [4.69, 9.17) is 25.0 Å². The number of hydrogen-bond acceptors (Lipinski definition) is 2. The number of hydrogen-bond donors (Lipinski definition) is 4. The Kier molecular flexibility index (Phi) is 6.93. The fraction of sp³-hybridized carbons (Fsp3) is 0.222. The molecule has 0 aliphatic rings. The molecular weight excluding hydrogens is 325 g/mol. The van der Waals surface area contributed by atoms with Crippen LogP contribution < -0.4 is 5.73 Å². The summed E-state index contributed by atoms with van der Waals surface area (Å²) in [4.78, 5) is 21.6. The van der Waals surface area contributed by atoms with Crippen LogP contribution in [0.2, 0.25) is 0 Å². The second kappa shape index (κ2) is 8.27. The van der Waals surface area contributed by atoms with Crippen LogP contribution in [0.15, 0.2) is 36.9 Å². The van der Waals surface area contributed by atoms with E-state index >= 15 is 0 Å². The molecule has 0 spiro atoms.